The van der Waals surface area contributed by atoms with E-state index in [1.165, 1.54) is 5.56 Å². The van der Waals surface area contributed by atoms with Gasteiger partial charge in [0.2, 0.25) is 11.8 Å². The zero-order valence-electron chi connectivity index (χ0n) is 15.6. The van der Waals surface area contributed by atoms with Crippen LogP contribution in [0.15, 0.2) is 24.3 Å². The van der Waals surface area contributed by atoms with E-state index in [1.54, 1.807) is 4.90 Å². The van der Waals surface area contributed by atoms with Crippen LogP contribution in [0, 0.1) is 0 Å². The van der Waals surface area contributed by atoms with Crippen LogP contribution in [0.4, 0.5) is 5.69 Å². The normalized spacial score (nSPS) is 20.5. The van der Waals surface area contributed by atoms with Crippen molar-refractivity contribution < 1.29 is 14.3 Å². The fourth-order valence-corrected chi connectivity index (χ4v) is 3.68. The minimum atomic E-state index is -0.295. The predicted octanol–water partition coefficient (Wildman–Crippen LogP) is 1.58. The molecular weight excluding hydrogens is 330 g/mol. The molecule has 1 N–H and O–H groups in total. The van der Waals surface area contributed by atoms with Crippen LogP contribution in [-0.2, 0) is 20.7 Å². The Balaban J connectivity index is 1.56. The van der Waals surface area contributed by atoms with Gasteiger partial charge in [0, 0.05) is 18.8 Å². The Morgan fingerprint density at radius 3 is 2.96 bits per heavy atom. The zero-order chi connectivity index (χ0) is 18.4. The SMILES string of the molecule is CCCCN1CCOCC1C(=O)NCC(=O)N1CCCc2ccccc21. The second-order valence-corrected chi connectivity index (χ2v) is 6.98. The summed E-state index contributed by atoms with van der Waals surface area (Å²) in [5, 5.41) is 2.83. The van der Waals surface area contributed by atoms with E-state index in [-0.39, 0.29) is 24.4 Å². The number of rotatable bonds is 6. The number of carbonyl (C=O) groups excluding carboxylic acids is 2. The zero-order valence-corrected chi connectivity index (χ0v) is 15.6. The first kappa shape index (κ1) is 18.9. The lowest BCUT2D eigenvalue weighted by molar-refractivity contribution is -0.134. The van der Waals surface area contributed by atoms with Crippen molar-refractivity contribution in [2.24, 2.45) is 0 Å². The summed E-state index contributed by atoms with van der Waals surface area (Å²) in [4.78, 5) is 29.2. The molecule has 2 amide bonds. The van der Waals surface area contributed by atoms with E-state index in [0.717, 1.165) is 44.5 Å². The lowest BCUT2D eigenvalue weighted by atomic mass is 10.0. The maximum absolute atomic E-state index is 12.7. The maximum Gasteiger partial charge on any atom is 0.246 e. The third-order valence-electron chi connectivity index (χ3n) is 5.17. The van der Waals surface area contributed by atoms with Crippen LogP contribution in [0.2, 0.25) is 0 Å². The first-order valence-electron chi connectivity index (χ1n) is 9.68. The predicted molar refractivity (Wildman–Crippen MR) is 101 cm³/mol. The largest absolute Gasteiger partial charge is 0.378 e. The fraction of sp³-hybridized carbons (Fsp3) is 0.600. The van der Waals surface area contributed by atoms with E-state index in [9.17, 15) is 9.59 Å². The summed E-state index contributed by atoms with van der Waals surface area (Å²) in [6.07, 6.45) is 4.11. The van der Waals surface area contributed by atoms with Crippen molar-refractivity contribution in [2.45, 2.75) is 38.6 Å². The van der Waals surface area contributed by atoms with Gasteiger partial charge in [-0.1, -0.05) is 31.5 Å². The number of fused-ring (bicyclic) bond motifs is 1. The average molecular weight is 359 g/mol. The highest BCUT2D eigenvalue weighted by Gasteiger charge is 2.30. The first-order chi connectivity index (χ1) is 12.7. The Morgan fingerprint density at radius 1 is 1.27 bits per heavy atom. The molecule has 6 heteroatoms. The number of aryl methyl sites for hydroxylation is 1. The molecule has 142 valence electrons. The van der Waals surface area contributed by atoms with Gasteiger partial charge in [-0.05, 0) is 37.4 Å². The monoisotopic (exact) mass is 359 g/mol. The molecule has 0 radical (unpaired) electrons. The van der Waals surface area contributed by atoms with Crippen molar-refractivity contribution in [1.29, 1.82) is 0 Å². The standard InChI is InChI=1S/C20H29N3O3/c1-2-3-10-22-12-13-26-15-18(22)20(25)21-14-19(24)23-11-6-8-16-7-4-5-9-17(16)23/h4-5,7,9,18H,2-3,6,8,10-15H2,1H3,(H,21,25). The van der Waals surface area contributed by atoms with Gasteiger partial charge in [-0.2, -0.15) is 0 Å². The summed E-state index contributed by atoms with van der Waals surface area (Å²) in [7, 11) is 0. The van der Waals surface area contributed by atoms with Gasteiger partial charge < -0.3 is 15.0 Å². The molecule has 6 nitrogen and oxygen atoms in total. The number of anilines is 1. The average Bonchev–Trinajstić information content (AvgIpc) is 2.70. The molecule has 2 aliphatic rings. The number of amides is 2. The topological polar surface area (TPSA) is 61.9 Å². The highest BCUT2D eigenvalue weighted by molar-refractivity contribution is 5.98. The van der Waals surface area contributed by atoms with Gasteiger partial charge in [0.05, 0.1) is 19.8 Å². The molecule has 1 aromatic carbocycles. The van der Waals surface area contributed by atoms with Crippen LogP contribution < -0.4 is 10.2 Å². The summed E-state index contributed by atoms with van der Waals surface area (Å²) < 4.78 is 5.49. The van der Waals surface area contributed by atoms with Gasteiger partial charge in [0.25, 0.3) is 0 Å². The van der Waals surface area contributed by atoms with Crippen molar-refractivity contribution in [1.82, 2.24) is 10.2 Å². The molecule has 0 spiro atoms. The highest BCUT2D eigenvalue weighted by atomic mass is 16.5. The van der Waals surface area contributed by atoms with Gasteiger partial charge in [-0.25, -0.2) is 0 Å². The fourth-order valence-electron chi connectivity index (χ4n) is 3.68. The van der Waals surface area contributed by atoms with Gasteiger partial charge in [0.1, 0.15) is 6.04 Å². The summed E-state index contributed by atoms with van der Waals surface area (Å²) in [5.74, 6) is -0.165. The minimum Gasteiger partial charge on any atom is -0.378 e. The van der Waals surface area contributed by atoms with Gasteiger partial charge in [-0.15, -0.1) is 0 Å². The molecule has 0 bridgehead atoms. The Labute approximate surface area is 155 Å². The molecule has 1 saturated heterocycles. The van der Waals surface area contributed by atoms with E-state index in [2.05, 4.69) is 23.2 Å². The maximum atomic E-state index is 12.7. The molecular formula is C20H29N3O3. The van der Waals surface area contributed by atoms with Crippen LogP contribution in [0.5, 0.6) is 0 Å². The Kier molecular flexibility index (Phi) is 6.63. The second kappa shape index (κ2) is 9.14. The van der Waals surface area contributed by atoms with E-state index >= 15 is 0 Å². The number of ether oxygens (including phenoxy) is 1. The number of benzene rings is 1. The number of para-hydroxylation sites is 1. The number of morpholine rings is 1. The molecule has 0 saturated carbocycles. The van der Waals surface area contributed by atoms with Gasteiger partial charge in [-0.3, -0.25) is 14.5 Å². The molecule has 1 aromatic rings. The quantitative estimate of drug-likeness (QED) is 0.838. The molecule has 26 heavy (non-hydrogen) atoms. The number of unbranched alkanes of at least 4 members (excludes halogenated alkanes) is 1. The second-order valence-electron chi connectivity index (χ2n) is 6.98. The van der Waals surface area contributed by atoms with Gasteiger partial charge in [0.15, 0.2) is 0 Å². The molecule has 0 aromatic heterocycles. The molecule has 2 heterocycles. The molecule has 1 unspecified atom stereocenters. The molecule has 1 fully saturated rings. The van der Waals surface area contributed by atoms with Gasteiger partial charge >= 0.3 is 0 Å². The third-order valence-corrected chi connectivity index (χ3v) is 5.17. The van der Waals surface area contributed by atoms with Crippen molar-refractivity contribution >= 4 is 17.5 Å². The van der Waals surface area contributed by atoms with Crippen molar-refractivity contribution in [3.8, 4) is 0 Å². The first-order valence-corrected chi connectivity index (χ1v) is 9.68. The van der Waals surface area contributed by atoms with E-state index in [0.29, 0.717) is 19.8 Å². The van der Waals surface area contributed by atoms with E-state index in [4.69, 9.17) is 4.74 Å². The number of hydrogen-bond acceptors (Lipinski definition) is 4. The van der Waals surface area contributed by atoms with Crippen LogP contribution >= 0.6 is 0 Å². The van der Waals surface area contributed by atoms with Crippen LogP contribution in [0.3, 0.4) is 0 Å². The minimum absolute atomic E-state index is 0.0330. The Morgan fingerprint density at radius 2 is 2.12 bits per heavy atom. The van der Waals surface area contributed by atoms with E-state index in [1.807, 2.05) is 18.2 Å². The lowest BCUT2D eigenvalue weighted by Crippen LogP contribution is -2.55. The third kappa shape index (κ3) is 4.43. The van der Waals surface area contributed by atoms with Crippen molar-refractivity contribution in [3.63, 3.8) is 0 Å². The molecule has 3 rings (SSSR count). The van der Waals surface area contributed by atoms with E-state index < -0.39 is 0 Å². The number of hydrogen-bond donors (Lipinski definition) is 1. The summed E-state index contributed by atoms with van der Waals surface area (Å²) in [5.41, 5.74) is 2.17. The Hall–Kier alpha value is -1.92. The molecule has 1 atom stereocenters. The van der Waals surface area contributed by atoms with Crippen LogP contribution in [-0.4, -0.2) is 62.1 Å². The molecule has 2 aliphatic heterocycles. The van der Waals surface area contributed by atoms with Crippen molar-refractivity contribution in [2.75, 3.05) is 44.3 Å². The lowest BCUT2D eigenvalue weighted by Gasteiger charge is -2.34. The Bertz CT molecular complexity index is 634. The smallest absolute Gasteiger partial charge is 0.246 e. The summed E-state index contributed by atoms with van der Waals surface area (Å²) in [6.45, 7) is 5.61. The summed E-state index contributed by atoms with van der Waals surface area (Å²) >= 11 is 0. The van der Waals surface area contributed by atoms with Crippen LogP contribution in [0.1, 0.15) is 31.7 Å². The number of nitrogens with one attached hydrogen (secondary N) is 1. The number of nitrogens with zero attached hydrogens (tertiary/aromatic N) is 2. The number of carbonyl (C=O) groups is 2. The van der Waals surface area contributed by atoms with Crippen molar-refractivity contribution in [3.05, 3.63) is 29.8 Å². The van der Waals surface area contributed by atoms with Crippen LogP contribution in [0.25, 0.3) is 0 Å². The molecule has 0 aliphatic carbocycles. The highest BCUT2D eigenvalue weighted by Crippen LogP contribution is 2.26. The summed E-state index contributed by atoms with van der Waals surface area (Å²) in [6, 6.07) is 7.71.